The molecule has 2 heterocycles. The molecule has 2 saturated heterocycles. The van der Waals surface area contributed by atoms with Gasteiger partial charge in [0.25, 0.3) is 5.91 Å². The first-order valence-corrected chi connectivity index (χ1v) is 6.70. The maximum absolute atomic E-state index is 12.5. The molecule has 0 radical (unpaired) electrons. The first-order chi connectivity index (χ1) is 8.04. The fourth-order valence-electron chi connectivity index (χ4n) is 2.72. The summed E-state index contributed by atoms with van der Waals surface area (Å²) in [4.78, 5) is 14.8. The molecular formula is C12H20N2O2S. The van der Waals surface area contributed by atoms with Crippen LogP contribution in [0.5, 0.6) is 0 Å². The summed E-state index contributed by atoms with van der Waals surface area (Å²) in [5, 5.41) is 0. The summed E-state index contributed by atoms with van der Waals surface area (Å²) in [5.74, 6) is 0.0625. The van der Waals surface area contributed by atoms with Crippen LogP contribution in [0.3, 0.4) is 0 Å². The summed E-state index contributed by atoms with van der Waals surface area (Å²) in [5.41, 5.74) is 5.08. The van der Waals surface area contributed by atoms with Crippen molar-refractivity contribution in [1.82, 2.24) is 4.90 Å². The Kier molecular flexibility index (Phi) is 3.68. The summed E-state index contributed by atoms with van der Waals surface area (Å²) in [6, 6.07) is -0.0766. The number of carbonyl (C=O) groups excluding carboxylic acids is 1. The highest BCUT2D eigenvalue weighted by Crippen LogP contribution is 2.30. The van der Waals surface area contributed by atoms with Gasteiger partial charge >= 0.3 is 0 Å². The second-order valence-corrected chi connectivity index (χ2v) is 5.57. The zero-order valence-corrected chi connectivity index (χ0v) is 11.1. The molecule has 0 bridgehead atoms. The number of piperidine rings is 1. The molecule has 0 saturated carbocycles. The number of carbonyl (C=O) groups is 1. The summed E-state index contributed by atoms with van der Waals surface area (Å²) in [7, 11) is 0. The summed E-state index contributed by atoms with van der Waals surface area (Å²) < 4.78 is 5.61. The van der Waals surface area contributed by atoms with Crippen molar-refractivity contribution in [1.29, 1.82) is 0 Å². The van der Waals surface area contributed by atoms with Crippen molar-refractivity contribution in [2.24, 2.45) is 5.73 Å². The molecule has 4 nitrogen and oxygen atoms in total. The molecule has 0 spiro atoms. The second-order valence-electron chi connectivity index (χ2n) is 5.10. The van der Waals surface area contributed by atoms with E-state index < -0.39 is 5.60 Å². The normalized spacial score (nSPS) is 33.7. The van der Waals surface area contributed by atoms with E-state index in [1.54, 1.807) is 0 Å². The fraction of sp³-hybridized carbons (Fsp3) is 0.833. The maximum Gasteiger partial charge on any atom is 0.255 e. The lowest BCUT2D eigenvalue weighted by atomic mass is 9.95. The first kappa shape index (κ1) is 12.8. The molecule has 17 heavy (non-hydrogen) atoms. The molecule has 0 aliphatic carbocycles. The van der Waals surface area contributed by atoms with Gasteiger partial charge in [-0.05, 0) is 39.0 Å². The predicted octanol–water partition coefficient (Wildman–Crippen LogP) is 1.22. The van der Waals surface area contributed by atoms with Crippen molar-refractivity contribution in [3.05, 3.63) is 0 Å². The lowest BCUT2D eigenvalue weighted by Gasteiger charge is -2.39. The molecule has 5 heteroatoms. The number of thiocarbonyl (C=S) groups is 1. The Morgan fingerprint density at radius 3 is 2.82 bits per heavy atom. The van der Waals surface area contributed by atoms with E-state index in [0.29, 0.717) is 11.6 Å². The molecule has 2 rings (SSSR count). The SMILES string of the molecule is CC1(C(=O)N2CCCCC2C(N)=S)CCCO1. The van der Waals surface area contributed by atoms with Crippen LogP contribution in [-0.2, 0) is 9.53 Å². The van der Waals surface area contributed by atoms with Gasteiger partial charge in [0.2, 0.25) is 0 Å². The number of ether oxygens (including phenoxy) is 1. The van der Waals surface area contributed by atoms with Gasteiger partial charge in [0.15, 0.2) is 0 Å². The smallest absolute Gasteiger partial charge is 0.255 e. The van der Waals surface area contributed by atoms with E-state index in [9.17, 15) is 4.79 Å². The minimum Gasteiger partial charge on any atom is -0.392 e. The Hall–Kier alpha value is -0.680. The van der Waals surface area contributed by atoms with E-state index in [4.69, 9.17) is 22.7 Å². The molecule has 2 fully saturated rings. The van der Waals surface area contributed by atoms with Crippen molar-refractivity contribution >= 4 is 23.1 Å². The van der Waals surface area contributed by atoms with E-state index >= 15 is 0 Å². The highest BCUT2D eigenvalue weighted by molar-refractivity contribution is 7.80. The zero-order chi connectivity index (χ0) is 12.5. The highest BCUT2D eigenvalue weighted by Gasteiger charge is 2.43. The van der Waals surface area contributed by atoms with Crippen LogP contribution >= 0.6 is 12.2 Å². The number of hydrogen-bond donors (Lipinski definition) is 1. The lowest BCUT2D eigenvalue weighted by Crippen LogP contribution is -2.56. The van der Waals surface area contributed by atoms with E-state index in [-0.39, 0.29) is 11.9 Å². The lowest BCUT2D eigenvalue weighted by molar-refractivity contribution is -0.153. The number of nitrogens with zero attached hydrogens (tertiary/aromatic N) is 1. The number of rotatable bonds is 2. The van der Waals surface area contributed by atoms with Gasteiger partial charge in [-0.25, -0.2) is 0 Å². The molecule has 2 N–H and O–H groups in total. The van der Waals surface area contributed by atoms with Gasteiger partial charge in [-0.1, -0.05) is 12.2 Å². The fourth-order valence-corrected chi connectivity index (χ4v) is 2.97. The van der Waals surface area contributed by atoms with Gasteiger partial charge in [0.05, 0.1) is 11.0 Å². The molecule has 2 aliphatic heterocycles. The largest absolute Gasteiger partial charge is 0.392 e. The Labute approximate surface area is 107 Å². The first-order valence-electron chi connectivity index (χ1n) is 6.29. The molecule has 0 aromatic carbocycles. The average Bonchev–Trinajstić information content (AvgIpc) is 2.76. The third kappa shape index (κ3) is 2.45. The van der Waals surface area contributed by atoms with Crippen LogP contribution in [0.4, 0.5) is 0 Å². The molecule has 2 atom stereocenters. The monoisotopic (exact) mass is 256 g/mol. The number of hydrogen-bond acceptors (Lipinski definition) is 3. The van der Waals surface area contributed by atoms with Crippen molar-refractivity contribution in [3.8, 4) is 0 Å². The minimum absolute atomic E-state index is 0.0625. The highest BCUT2D eigenvalue weighted by atomic mass is 32.1. The van der Waals surface area contributed by atoms with Crippen LogP contribution in [-0.4, -0.2) is 40.6 Å². The van der Waals surface area contributed by atoms with Crippen LogP contribution in [0.1, 0.15) is 39.0 Å². The van der Waals surface area contributed by atoms with Gasteiger partial charge in [0, 0.05) is 13.2 Å². The standard InChI is InChI=1S/C12H20N2O2S/c1-12(6-4-8-16-12)11(15)14-7-3-2-5-9(14)10(13)17/h9H,2-8H2,1H3,(H2,13,17). The Morgan fingerprint density at radius 2 is 2.24 bits per heavy atom. The average molecular weight is 256 g/mol. The van der Waals surface area contributed by atoms with Crippen LogP contribution < -0.4 is 5.73 Å². The van der Waals surface area contributed by atoms with Crippen LogP contribution in [0.2, 0.25) is 0 Å². The molecule has 0 aromatic rings. The van der Waals surface area contributed by atoms with Gasteiger partial charge in [0.1, 0.15) is 5.60 Å². The van der Waals surface area contributed by atoms with E-state index in [2.05, 4.69) is 0 Å². The quantitative estimate of drug-likeness (QED) is 0.755. The number of likely N-dealkylation sites (tertiary alicyclic amines) is 1. The van der Waals surface area contributed by atoms with Gasteiger partial charge < -0.3 is 15.4 Å². The van der Waals surface area contributed by atoms with Crippen molar-refractivity contribution in [2.45, 2.75) is 50.7 Å². The molecule has 0 aromatic heterocycles. The summed E-state index contributed by atoms with van der Waals surface area (Å²) in [6.07, 6.45) is 4.75. The topological polar surface area (TPSA) is 55.6 Å². The summed E-state index contributed by atoms with van der Waals surface area (Å²) >= 11 is 5.07. The molecule has 2 aliphatic rings. The molecule has 2 unspecified atom stereocenters. The van der Waals surface area contributed by atoms with Crippen molar-refractivity contribution in [2.75, 3.05) is 13.2 Å². The maximum atomic E-state index is 12.5. The third-order valence-electron chi connectivity index (χ3n) is 3.76. The predicted molar refractivity (Wildman–Crippen MR) is 69.7 cm³/mol. The Bertz CT molecular complexity index is 326. The van der Waals surface area contributed by atoms with E-state index in [1.807, 2.05) is 11.8 Å². The zero-order valence-electron chi connectivity index (χ0n) is 10.3. The van der Waals surface area contributed by atoms with Crippen molar-refractivity contribution < 1.29 is 9.53 Å². The molecule has 96 valence electrons. The second kappa shape index (κ2) is 4.90. The van der Waals surface area contributed by atoms with Gasteiger partial charge in [-0.3, -0.25) is 4.79 Å². The van der Waals surface area contributed by atoms with Crippen molar-refractivity contribution in [3.63, 3.8) is 0 Å². The number of amides is 1. The Morgan fingerprint density at radius 1 is 1.47 bits per heavy atom. The Balaban J connectivity index is 2.13. The van der Waals surface area contributed by atoms with Crippen LogP contribution in [0, 0.1) is 0 Å². The van der Waals surface area contributed by atoms with Gasteiger partial charge in [-0.15, -0.1) is 0 Å². The third-order valence-corrected chi connectivity index (χ3v) is 4.04. The summed E-state index contributed by atoms with van der Waals surface area (Å²) in [6.45, 7) is 3.31. The van der Waals surface area contributed by atoms with Gasteiger partial charge in [-0.2, -0.15) is 0 Å². The molecular weight excluding hydrogens is 236 g/mol. The van der Waals surface area contributed by atoms with E-state index in [1.165, 1.54) is 0 Å². The minimum atomic E-state index is -0.652. The van der Waals surface area contributed by atoms with E-state index in [0.717, 1.165) is 38.6 Å². The van der Waals surface area contributed by atoms with Crippen LogP contribution in [0.15, 0.2) is 0 Å². The number of nitrogens with two attached hydrogens (primary N) is 1. The van der Waals surface area contributed by atoms with Crippen LogP contribution in [0.25, 0.3) is 0 Å². The molecule has 1 amide bonds.